The number of aromatic nitrogens is 3. The van der Waals surface area contributed by atoms with Gasteiger partial charge in [-0.1, -0.05) is 6.07 Å². The number of pyridine rings is 3. The van der Waals surface area contributed by atoms with E-state index < -0.39 is 47.4 Å². The summed E-state index contributed by atoms with van der Waals surface area (Å²) in [6, 6.07) is 11.3. The van der Waals surface area contributed by atoms with Crippen LogP contribution in [0.2, 0.25) is 0 Å². The standard InChI is InChI=1S/C39H42FN9O7/c1-39(2,56-17-16-55-15-14-42-27-5-3-4-24-34(27)38(54)49(37(24)53)29-9-11-33(50)48-36(29)52)30(40)21-44-35(51)25-20-43-32(18-28(25)45-23-7-8-23)47-31-10-6-22-19-41-13-12-26(22)46-31/h3-6,10,12-13,18-20,23,29-30,42H,7-9,11,14-17,21H2,1-2H3,(H,44,51)(H,48,50,52)(H2,43,45,46,47). The van der Waals surface area contributed by atoms with Gasteiger partial charge in [0.05, 0.1) is 59.9 Å². The van der Waals surface area contributed by atoms with Gasteiger partial charge in [-0.05, 0) is 63.4 Å². The van der Waals surface area contributed by atoms with Gasteiger partial charge in [-0.25, -0.2) is 14.4 Å². The molecule has 3 aromatic heterocycles. The van der Waals surface area contributed by atoms with Gasteiger partial charge in [0.15, 0.2) is 0 Å². The van der Waals surface area contributed by atoms with E-state index >= 15 is 4.39 Å². The first kappa shape index (κ1) is 38.2. The highest BCUT2D eigenvalue weighted by Gasteiger charge is 2.45. The second-order valence-corrected chi connectivity index (χ2v) is 14.3. The number of nitrogens with zero attached hydrogens (tertiary/aromatic N) is 4. The zero-order valence-electron chi connectivity index (χ0n) is 30.9. The Morgan fingerprint density at radius 1 is 1.00 bits per heavy atom. The smallest absolute Gasteiger partial charge is 0.264 e. The Morgan fingerprint density at radius 3 is 2.64 bits per heavy atom. The van der Waals surface area contributed by atoms with Gasteiger partial charge in [0.25, 0.3) is 17.7 Å². The normalized spacial score (nSPS) is 17.4. The Balaban J connectivity index is 0.851. The van der Waals surface area contributed by atoms with Crippen molar-refractivity contribution in [2.45, 2.75) is 63.4 Å². The zero-order chi connectivity index (χ0) is 39.4. The monoisotopic (exact) mass is 767 g/mol. The minimum atomic E-state index is -1.55. The van der Waals surface area contributed by atoms with Crippen LogP contribution in [-0.4, -0.2) is 106 Å². The van der Waals surface area contributed by atoms with E-state index in [9.17, 15) is 24.0 Å². The molecule has 1 aromatic carbocycles. The lowest BCUT2D eigenvalue weighted by Gasteiger charge is -2.29. The summed E-state index contributed by atoms with van der Waals surface area (Å²) in [5.74, 6) is -1.71. The van der Waals surface area contributed by atoms with Crippen LogP contribution in [0.3, 0.4) is 0 Å². The van der Waals surface area contributed by atoms with Crippen molar-refractivity contribution in [2.24, 2.45) is 0 Å². The Morgan fingerprint density at radius 2 is 1.84 bits per heavy atom. The Kier molecular flexibility index (Phi) is 11.2. The number of piperidine rings is 1. The number of hydrogen-bond donors (Lipinski definition) is 5. The molecule has 3 aliphatic rings. The Bertz CT molecular complexity index is 2180. The van der Waals surface area contributed by atoms with Crippen LogP contribution in [-0.2, 0) is 19.1 Å². The first-order chi connectivity index (χ1) is 27.0. The fourth-order valence-corrected chi connectivity index (χ4v) is 6.44. The highest BCUT2D eigenvalue weighted by atomic mass is 19.1. The van der Waals surface area contributed by atoms with Crippen LogP contribution in [0.25, 0.3) is 10.9 Å². The zero-order valence-corrected chi connectivity index (χ0v) is 30.9. The maximum atomic E-state index is 15.4. The van der Waals surface area contributed by atoms with Gasteiger partial charge in [0.1, 0.15) is 23.8 Å². The number of carbonyl (C=O) groups is 5. The maximum Gasteiger partial charge on any atom is 0.264 e. The van der Waals surface area contributed by atoms with Crippen molar-refractivity contribution in [1.29, 1.82) is 0 Å². The van der Waals surface area contributed by atoms with Gasteiger partial charge in [-0.2, -0.15) is 0 Å². The van der Waals surface area contributed by atoms with Crippen molar-refractivity contribution in [3.63, 3.8) is 0 Å². The van der Waals surface area contributed by atoms with Gasteiger partial charge < -0.3 is 30.7 Å². The summed E-state index contributed by atoms with van der Waals surface area (Å²) in [6.45, 7) is 3.60. The number of benzene rings is 1. The molecule has 7 rings (SSSR count). The van der Waals surface area contributed by atoms with E-state index in [1.165, 1.54) is 12.3 Å². The van der Waals surface area contributed by atoms with Gasteiger partial charge in [0, 0.05) is 54.7 Å². The van der Waals surface area contributed by atoms with Gasteiger partial charge >= 0.3 is 0 Å². The molecule has 5 amide bonds. The Hall–Kier alpha value is -6.07. The third-order valence-electron chi connectivity index (χ3n) is 9.76. The lowest BCUT2D eigenvalue weighted by Crippen LogP contribution is -2.54. The number of halogens is 1. The number of carbonyl (C=O) groups excluding carboxylic acids is 5. The maximum absolute atomic E-state index is 15.4. The summed E-state index contributed by atoms with van der Waals surface area (Å²) in [5.41, 5.74) is 1.14. The van der Waals surface area contributed by atoms with Gasteiger partial charge in [-0.15, -0.1) is 0 Å². The van der Waals surface area contributed by atoms with Crippen LogP contribution >= 0.6 is 0 Å². The van der Waals surface area contributed by atoms with Crippen LogP contribution in [0.5, 0.6) is 0 Å². The van der Waals surface area contributed by atoms with Crippen LogP contribution in [0.1, 0.15) is 70.6 Å². The number of fused-ring (bicyclic) bond motifs is 2. The minimum absolute atomic E-state index is 0.0336. The fraction of sp³-hybridized carbons (Fsp3) is 0.385. The van der Waals surface area contributed by atoms with Crippen LogP contribution in [0.15, 0.2) is 61.1 Å². The number of nitrogens with one attached hydrogen (secondary N) is 5. The van der Waals surface area contributed by atoms with E-state index in [-0.39, 0.29) is 68.5 Å². The lowest BCUT2D eigenvalue weighted by atomic mass is 10.0. The third kappa shape index (κ3) is 8.58. The molecule has 16 nitrogen and oxygen atoms in total. The molecule has 56 heavy (non-hydrogen) atoms. The molecule has 1 saturated heterocycles. The highest BCUT2D eigenvalue weighted by Crippen LogP contribution is 2.33. The first-order valence-electron chi connectivity index (χ1n) is 18.5. The quantitative estimate of drug-likeness (QED) is 0.0768. The average molecular weight is 768 g/mol. The second-order valence-electron chi connectivity index (χ2n) is 14.3. The van der Waals surface area contributed by atoms with Crippen molar-refractivity contribution in [3.8, 4) is 0 Å². The number of hydrogen-bond acceptors (Lipinski definition) is 13. The molecule has 2 aliphatic heterocycles. The lowest BCUT2D eigenvalue weighted by molar-refractivity contribution is -0.136. The summed E-state index contributed by atoms with van der Waals surface area (Å²) in [5, 5.41) is 15.4. The van der Waals surface area contributed by atoms with Crippen molar-refractivity contribution < 1.29 is 37.8 Å². The highest BCUT2D eigenvalue weighted by molar-refractivity contribution is 6.25. The van der Waals surface area contributed by atoms with Crippen molar-refractivity contribution >= 4 is 63.4 Å². The van der Waals surface area contributed by atoms with E-state index in [1.807, 2.05) is 18.2 Å². The number of alkyl halides is 1. The van der Waals surface area contributed by atoms with Crippen LogP contribution in [0.4, 0.5) is 27.4 Å². The molecular weight excluding hydrogens is 725 g/mol. The SMILES string of the molecule is CC(C)(OCCOCCNc1cccc2c1C(=O)N(C1CCC(=O)NC1=O)C2=O)C(F)CNC(=O)c1cnc(Nc2ccc3cnccc3n2)cc1NC1CC1. The second kappa shape index (κ2) is 16.3. The molecule has 1 aliphatic carbocycles. The fourth-order valence-electron chi connectivity index (χ4n) is 6.44. The molecule has 2 atom stereocenters. The van der Waals surface area contributed by atoms with E-state index in [1.54, 1.807) is 44.4 Å². The molecule has 292 valence electrons. The van der Waals surface area contributed by atoms with Gasteiger partial charge in [-0.3, -0.25) is 39.2 Å². The number of imide groups is 2. The summed E-state index contributed by atoms with van der Waals surface area (Å²) in [7, 11) is 0. The largest absolute Gasteiger partial charge is 0.382 e. The third-order valence-corrected chi connectivity index (χ3v) is 9.76. The number of rotatable bonds is 17. The van der Waals surface area contributed by atoms with Gasteiger partial charge in [0.2, 0.25) is 11.8 Å². The molecule has 5 heterocycles. The predicted molar refractivity (Wildman–Crippen MR) is 203 cm³/mol. The molecule has 4 aromatic rings. The predicted octanol–water partition coefficient (Wildman–Crippen LogP) is 3.74. The van der Waals surface area contributed by atoms with E-state index in [4.69, 9.17) is 9.47 Å². The van der Waals surface area contributed by atoms with E-state index in [0.717, 1.165) is 28.6 Å². The molecule has 17 heteroatoms. The van der Waals surface area contributed by atoms with Crippen molar-refractivity contribution in [2.75, 3.05) is 48.9 Å². The summed E-state index contributed by atoms with van der Waals surface area (Å²) in [6.07, 6.45) is 5.38. The molecule has 0 radical (unpaired) electrons. The average Bonchev–Trinajstić information content (AvgIpc) is 3.96. The molecule has 5 N–H and O–H groups in total. The van der Waals surface area contributed by atoms with E-state index in [2.05, 4.69) is 41.5 Å². The number of amides is 5. The summed E-state index contributed by atoms with van der Waals surface area (Å²) >= 11 is 0. The minimum Gasteiger partial charge on any atom is -0.382 e. The molecule has 2 unspecified atom stereocenters. The molecule has 2 fully saturated rings. The van der Waals surface area contributed by atoms with Crippen LogP contribution < -0.4 is 26.6 Å². The molecule has 1 saturated carbocycles. The van der Waals surface area contributed by atoms with Crippen molar-refractivity contribution in [3.05, 3.63) is 77.7 Å². The molecular formula is C39H42FN9O7. The topological polar surface area (TPSA) is 206 Å². The molecule has 0 bridgehead atoms. The van der Waals surface area contributed by atoms with Crippen molar-refractivity contribution in [1.82, 2.24) is 30.5 Å². The summed E-state index contributed by atoms with van der Waals surface area (Å²) < 4.78 is 26.9. The number of ether oxygens (including phenoxy) is 2. The van der Waals surface area contributed by atoms with Crippen LogP contribution in [0, 0.1) is 0 Å². The first-order valence-corrected chi connectivity index (χ1v) is 18.5. The Labute approximate surface area is 321 Å². The summed E-state index contributed by atoms with van der Waals surface area (Å²) in [4.78, 5) is 77.6. The number of anilines is 4. The molecule has 0 spiro atoms. The van der Waals surface area contributed by atoms with E-state index in [0.29, 0.717) is 23.0 Å².